The topological polar surface area (TPSA) is 228 Å². The molecule has 2 fully saturated rings. The summed E-state index contributed by atoms with van der Waals surface area (Å²) in [7, 11) is 0. The number of nitrogens with one attached hydrogen (secondary N) is 1. The van der Waals surface area contributed by atoms with Crippen LogP contribution in [0.5, 0.6) is 0 Å². The molecule has 0 aliphatic carbocycles. The number of ether oxygens (including phenoxy) is 4. The lowest BCUT2D eigenvalue weighted by atomic mass is 9.97. The molecule has 14 nitrogen and oxygen atoms in total. The van der Waals surface area contributed by atoms with Crippen LogP contribution in [0.1, 0.15) is 361 Å². The summed E-state index contributed by atoms with van der Waals surface area (Å²) >= 11 is 0. The van der Waals surface area contributed by atoms with E-state index in [9.17, 15) is 45.6 Å². The first-order valence-electron chi connectivity index (χ1n) is 41.8. The van der Waals surface area contributed by atoms with E-state index in [-0.39, 0.29) is 18.9 Å². The van der Waals surface area contributed by atoms with Crippen LogP contribution in [0.3, 0.4) is 0 Å². The number of aliphatic hydroxyl groups is 8. The number of hydrogen-bond acceptors (Lipinski definition) is 13. The molecule has 100 heavy (non-hydrogen) atoms. The molecule has 2 rings (SSSR count). The van der Waals surface area contributed by atoms with Gasteiger partial charge < -0.3 is 65.1 Å². The van der Waals surface area contributed by atoms with Gasteiger partial charge in [0.1, 0.15) is 48.8 Å². The molecule has 0 radical (unpaired) electrons. The average Bonchev–Trinajstić information content (AvgIpc) is 0.791. The van der Waals surface area contributed by atoms with Crippen LogP contribution in [0.4, 0.5) is 0 Å². The van der Waals surface area contributed by atoms with E-state index in [0.29, 0.717) is 12.8 Å². The fraction of sp³-hybridized carbons (Fsp3) is 0.826. The van der Waals surface area contributed by atoms with Crippen molar-refractivity contribution in [1.29, 1.82) is 0 Å². The Morgan fingerprint density at radius 1 is 0.370 bits per heavy atom. The van der Waals surface area contributed by atoms with Gasteiger partial charge in [-0.25, -0.2) is 0 Å². The second kappa shape index (κ2) is 69.2. The van der Waals surface area contributed by atoms with E-state index in [1.54, 1.807) is 6.08 Å². The van der Waals surface area contributed by atoms with E-state index in [1.807, 2.05) is 6.08 Å². The zero-order valence-corrected chi connectivity index (χ0v) is 63.9. The summed E-state index contributed by atoms with van der Waals surface area (Å²) in [6, 6.07) is -0.937. The van der Waals surface area contributed by atoms with E-state index in [0.717, 1.165) is 64.2 Å². The van der Waals surface area contributed by atoms with Crippen molar-refractivity contribution in [3.63, 3.8) is 0 Å². The third-order valence-corrected chi connectivity index (χ3v) is 20.1. The highest BCUT2D eigenvalue weighted by Crippen LogP contribution is 2.30. The molecule has 2 aliphatic heterocycles. The van der Waals surface area contributed by atoms with E-state index in [2.05, 4.69) is 92.1 Å². The maximum atomic E-state index is 13.4. The van der Waals surface area contributed by atoms with Crippen molar-refractivity contribution < 1.29 is 64.6 Å². The molecule has 1 amide bonds. The van der Waals surface area contributed by atoms with Crippen molar-refractivity contribution in [3.8, 4) is 0 Å². The van der Waals surface area contributed by atoms with Crippen molar-refractivity contribution in [1.82, 2.24) is 5.32 Å². The summed E-state index contributed by atoms with van der Waals surface area (Å²) in [5.41, 5.74) is 0. The molecule has 2 heterocycles. The number of amides is 1. The number of allylic oxidation sites excluding steroid dienone is 13. The van der Waals surface area contributed by atoms with E-state index in [4.69, 9.17) is 18.9 Å². The van der Waals surface area contributed by atoms with Crippen molar-refractivity contribution in [3.05, 3.63) is 85.1 Å². The number of rotatable bonds is 70. The zero-order chi connectivity index (χ0) is 72.2. The largest absolute Gasteiger partial charge is 0.394 e. The van der Waals surface area contributed by atoms with Gasteiger partial charge in [0.25, 0.3) is 0 Å². The first kappa shape index (κ1) is 93.3. The number of carbonyl (C=O) groups excluding carboxylic acids is 1. The van der Waals surface area contributed by atoms with Crippen LogP contribution in [0.15, 0.2) is 85.1 Å². The lowest BCUT2D eigenvalue weighted by Crippen LogP contribution is -2.65. The molecular weight excluding hydrogens is 1250 g/mol. The summed E-state index contributed by atoms with van der Waals surface area (Å²) in [4.78, 5) is 13.4. The molecule has 9 N–H and O–H groups in total. The Kier molecular flexibility index (Phi) is 64.6. The number of carbonyl (C=O) groups is 1. The van der Waals surface area contributed by atoms with Crippen molar-refractivity contribution in [2.75, 3.05) is 19.8 Å². The van der Waals surface area contributed by atoms with Crippen LogP contribution in [-0.2, 0) is 23.7 Å². The Bertz CT molecular complexity index is 2010. The molecule has 0 aromatic carbocycles. The molecule has 0 aromatic rings. The molecule has 12 atom stereocenters. The summed E-state index contributed by atoms with van der Waals surface area (Å²) in [5.74, 6) is -0.246. The Balaban J connectivity index is 1.61. The third-order valence-electron chi connectivity index (χ3n) is 20.1. The highest BCUT2D eigenvalue weighted by molar-refractivity contribution is 5.76. The van der Waals surface area contributed by atoms with Crippen molar-refractivity contribution in [2.45, 2.75) is 434 Å². The quantitative estimate of drug-likeness (QED) is 0.0204. The lowest BCUT2D eigenvalue weighted by molar-refractivity contribution is -0.359. The normalized spacial score (nSPS) is 22.3. The maximum absolute atomic E-state index is 13.4. The van der Waals surface area contributed by atoms with Crippen LogP contribution < -0.4 is 5.32 Å². The summed E-state index contributed by atoms with van der Waals surface area (Å²) in [5, 5.41) is 87.7. The van der Waals surface area contributed by atoms with E-state index >= 15 is 0 Å². The molecule has 0 bridgehead atoms. The van der Waals surface area contributed by atoms with Crippen molar-refractivity contribution >= 4 is 5.91 Å². The van der Waals surface area contributed by atoms with Gasteiger partial charge in [-0.15, -0.1) is 0 Å². The molecule has 0 saturated carbocycles. The molecule has 0 aromatic heterocycles. The van der Waals surface area contributed by atoms with Gasteiger partial charge in [0.2, 0.25) is 5.91 Å². The minimum atomic E-state index is -1.79. The Labute approximate surface area is 611 Å². The highest BCUT2D eigenvalue weighted by atomic mass is 16.7. The Morgan fingerprint density at radius 3 is 1.10 bits per heavy atom. The van der Waals surface area contributed by atoms with Gasteiger partial charge in [0, 0.05) is 6.42 Å². The standard InChI is InChI=1S/C86H155NO13/c1-3-5-7-9-11-13-15-17-19-21-23-25-27-29-31-33-35-37-39-41-43-45-47-49-51-53-55-57-59-61-63-65-67-69-75(90)74(73-97-85-83(96)81(94)84(77(72-89)99-85)100-86-82(95)80(93)79(92)76(71-88)98-86)87-78(91)70-68-66-64-62-60-58-56-54-52-50-48-46-44-42-40-38-36-34-32-30-28-26-24-22-20-18-16-14-12-10-8-6-4-2/h6,8,12,14,18,20,24,26,30,32,59,61,67,69,74-77,79-86,88-90,92-96H,3-5,7,9-11,13,15-17,19,21-23,25,27-29,31,33-58,60,62-66,68,70-73H2,1-2H3,(H,87,91)/b8-6-,14-12-,20-18-,26-24-,32-30-,61-59+,69-67+. The van der Waals surface area contributed by atoms with Gasteiger partial charge in [-0.1, -0.05) is 362 Å². The Hall–Kier alpha value is -2.83. The molecule has 14 heteroatoms. The summed E-state index contributed by atoms with van der Waals surface area (Å²) < 4.78 is 22.9. The fourth-order valence-electron chi connectivity index (χ4n) is 13.5. The number of hydrogen-bond donors (Lipinski definition) is 9. The van der Waals surface area contributed by atoms with Gasteiger partial charge in [-0.3, -0.25) is 4.79 Å². The average molecular weight is 1410 g/mol. The minimum Gasteiger partial charge on any atom is -0.394 e. The predicted octanol–water partition coefficient (Wildman–Crippen LogP) is 19.5. The third kappa shape index (κ3) is 51.4. The Morgan fingerprint density at radius 2 is 0.700 bits per heavy atom. The van der Waals surface area contributed by atoms with Crippen molar-refractivity contribution in [2.24, 2.45) is 0 Å². The van der Waals surface area contributed by atoms with Crippen LogP contribution in [0.2, 0.25) is 0 Å². The SMILES string of the molecule is CC/C=C\C/C=C\C/C=C\C/C=C\C/C=C\CCCCCCCCCCCCCCCCCCCC(=O)NC(COC1OC(CO)C(OC2OC(CO)C(O)C(O)C2O)C(O)C1O)C(O)/C=C/CC/C=C/CCCCCCCCCCCCCCCCCCCCCCCCCCCCC. The van der Waals surface area contributed by atoms with E-state index < -0.39 is 86.8 Å². The van der Waals surface area contributed by atoms with Gasteiger partial charge in [0.15, 0.2) is 12.6 Å². The summed E-state index contributed by atoms with van der Waals surface area (Å²) in [6.45, 7) is 2.72. The van der Waals surface area contributed by atoms with E-state index in [1.165, 1.54) is 263 Å². The smallest absolute Gasteiger partial charge is 0.220 e. The van der Waals surface area contributed by atoms with Crippen LogP contribution in [0.25, 0.3) is 0 Å². The monoisotopic (exact) mass is 1410 g/mol. The minimum absolute atomic E-state index is 0.246. The molecule has 12 unspecified atom stereocenters. The molecule has 2 aliphatic rings. The van der Waals surface area contributed by atoms with Gasteiger partial charge in [0.05, 0.1) is 32.0 Å². The molecule has 0 spiro atoms. The number of unbranched alkanes of at least 4 members (excludes halogenated alkanes) is 45. The molecule has 582 valence electrons. The maximum Gasteiger partial charge on any atom is 0.220 e. The van der Waals surface area contributed by atoms with Gasteiger partial charge >= 0.3 is 0 Å². The van der Waals surface area contributed by atoms with Crippen LogP contribution in [-0.4, -0.2) is 140 Å². The lowest BCUT2D eigenvalue weighted by Gasteiger charge is -2.46. The second-order valence-corrected chi connectivity index (χ2v) is 29.2. The zero-order valence-electron chi connectivity index (χ0n) is 63.9. The van der Waals surface area contributed by atoms with Gasteiger partial charge in [-0.2, -0.15) is 0 Å². The fourth-order valence-corrected chi connectivity index (χ4v) is 13.5. The van der Waals surface area contributed by atoms with Gasteiger partial charge in [-0.05, 0) is 77.0 Å². The highest BCUT2D eigenvalue weighted by Gasteiger charge is 2.51. The first-order chi connectivity index (χ1) is 49.1. The first-order valence-corrected chi connectivity index (χ1v) is 41.8. The predicted molar refractivity (Wildman–Crippen MR) is 415 cm³/mol. The molecule has 2 saturated heterocycles. The number of aliphatic hydroxyl groups excluding tert-OH is 8. The second-order valence-electron chi connectivity index (χ2n) is 29.2. The van der Waals surface area contributed by atoms with Crippen LogP contribution in [0, 0.1) is 0 Å². The molecular formula is C86H155NO13. The van der Waals surface area contributed by atoms with Crippen LogP contribution >= 0.6 is 0 Å². The summed E-state index contributed by atoms with van der Waals surface area (Å²) in [6.07, 6.45) is 81.1.